The van der Waals surface area contributed by atoms with Gasteiger partial charge in [-0.1, -0.05) is 26.0 Å². The first kappa shape index (κ1) is 15.3. The summed E-state index contributed by atoms with van der Waals surface area (Å²) in [6, 6.07) is 6.84. The second kappa shape index (κ2) is 7.65. The average molecular weight is 277 g/mol. The van der Waals surface area contributed by atoms with Crippen molar-refractivity contribution in [3.05, 3.63) is 29.3 Å². The van der Waals surface area contributed by atoms with E-state index in [1.165, 1.54) is 24.0 Å². The lowest BCUT2D eigenvalue weighted by atomic mass is 9.87. The highest BCUT2D eigenvalue weighted by Gasteiger charge is 2.22. The standard InChI is InChI=1S/C17H27NO2/c1-3-10-18-16-8-4-7-15-14(16)6-5-9-17(15)20-12-13(2)11-19/h5-6,9,13,16,18-19H,3-4,7-8,10-12H2,1-2H3. The van der Waals surface area contributed by atoms with E-state index in [9.17, 15) is 0 Å². The average Bonchev–Trinajstić information content (AvgIpc) is 2.50. The molecule has 3 heteroatoms. The fraction of sp³-hybridized carbons (Fsp3) is 0.647. The summed E-state index contributed by atoms with van der Waals surface area (Å²) in [5.74, 6) is 1.19. The van der Waals surface area contributed by atoms with E-state index in [2.05, 4.69) is 30.4 Å². The van der Waals surface area contributed by atoms with E-state index < -0.39 is 0 Å². The van der Waals surface area contributed by atoms with Crippen molar-refractivity contribution in [2.24, 2.45) is 5.92 Å². The fourth-order valence-corrected chi connectivity index (χ4v) is 2.77. The molecule has 0 amide bonds. The number of rotatable bonds is 7. The van der Waals surface area contributed by atoms with Crippen molar-refractivity contribution in [3.8, 4) is 5.75 Å². The molecule has 3 nitrogen and oxygen atoms in total. The third-order valence-electron chi connectivity index (χ3n) is 3.94. The molecule has 0 saturated heterocycles. The Morgan fingerprint density at radius 2 is 2.30 bits per heavy atom. The van der Waals surface area contributed by atoms with Crippen molar-refractivity contribution in [2.45, 2.75) is 45.6 Å². The van der Waals surface area contributed by atoms with Gasteiger partial charge in [0.2, 0.25) is 0 Å². The predicted molar refractivity (Wildman–Crippen MR) is 82.2 cm³/mol. The number of ether oxygens (including phenoxy) is 1. The van der Waals surface area contributed by atoms with E-state index in [-0.39, 0.29) is 12.5 Å². The molecule has 2 rings (SSSR count). The molecular weight excluding hydrogens is 250 g/mol. The molecule has 2 N–H and O–H groups in total. The first-order chi connectivity index (χ1) is 9.76. The van der Waals surface area contributed by atoms with E-state index in [4.69, 9.17) is 9.84 Å². The third kappa shape index (κ3) is 3.74. The fourth-order valence-electron chi connectivity index (χ4n) is 2.77. The van der Waals surface area contributed by atoms with Crippen LogP contribution in [0, 0.1) is 5.92 Å². The van der Waals surface area contributed by atoms with Crippen molar-refractivity contribution in [3.63, 3.8) is 0 Å². The Kier molecular flexibility index (Phi) is 5.86. The van der Waals surface area contributed by atoms with Crippen molar-refractivity contribution in [1.29, 1.82) is 0 Å². The highest BCUT2D eigenvalue weighted by atomic mass is 16.5. The minimum Gasteiger partial charge on any atom is -0.493 e. The van der Waals surface area contributed by atoms with Crippen LogP contribution in [-0.2, 0) is 6.42 Å². The monoisotopic (exact) mass is 277 g/mol. The first-order valence-corrected chi connectivity index (χ1v) is 7.85. The number of hydrogen-bond acceptors (Lipinski definition) is 3. The molecule has 2 unspecified atom stereocenters. The highest BCUT2D eigenvalue weighted by Crippen LogP contribution is 2.35. The second-order valence-corrected chi connectivity index (χ2v) is 5.82. The van der Waals surface area contributed by atoms with Gasteiger partial charge < -0.3 is 15.2 Å². The Morgan fingerprint density at radius 1 is 1.45 bits per heavy atom. The smallest absolute Gasteiger partial charge is 0.122 e. The molecule has 20 heavy (non-hydrogen) atoms. The molecule has 1 aromatic carbocycles. The van der Waals surface area contributed by atoms with Crippen LogP contribution in [0.3, 0.4) is 0 Å². The van der Waals surface area contributed by atoms with E-state index in [1.807, 2.05) is 6.92 Å². The van der Waals surface area contributed by atoms with E-state index in [0.717, 1.165) is 25.1 Å². The van der Waals surface area contributed by atoms with Gasteiger partial charge in [0.25, 0.3) is 0 Å². The van der Waals surface area contributed by atoms with Crippen molar-refractivity contribution >= 4 is 0 Å². The second-order valence-electron chi connectivity index (χ2n) is 5.82. The molecule has 1 aliphatic rings. The van der Waals surface area contributed by atoms with Crippen LogP contribution in [0.1, 0.15) is 50.3 Å². The maximum atomic E-state index is 9.10. The van der Waals surface area contributed by atoms with Crippen molar-refractivity contribution in [1.82, 2.24) is 5.32 Å². The predicted octanol–water partition coefficient (Wildman–Crippen LogP) is 3.07. The zero-order chi connectivity index (χ0) is 14.4. The number of benzene rings is 1. The maximum absolute atomic E-state index is 9.10. The third-order valence-corrected chi connectivity index (χ3v) is 3.94. The number of aliphatic hydroxyl groups is 1. The molecule has 0 fully saturated rings. The van der Waals surface area contributed by atoms with Crippen LogP contribution in [0.25, 0.3) is 0 Å². The number of nitrogens with one attached hydrogen (secondary N) is 1. The molecule has 112 valence electrons. The molecular formula is C17H27NO2. The van der Waals surface area contributed by atoms with Crippen LogP contribution >= 0.6 is 0 Å². The Morgan fingerprint density at radius 3 is 3.05 bits per heavy atom. The SMILES string of the molecule is CCCNC1CCCc2c(OCC(C)CO)cccc21. The van der Waals surface area contributed by atoms with Crippen LogP contribution in [-0.4, -0.2) is 24.9 Å². The molecule has 0 saturated carbocycles. The number of fused-ring (bicyclic) bond motifs is 1. The summed E-state index contributed by atoms with van der Waals surface area (Å²) in [6.45, 7) is 6.03. The van der Waals surface area contributed by atoms with Crippen LogP contribution < -0.4 is 10.1 Å². The molecule has 0 bridgehead atoms. The lowest BCUT2D eigenvalue weighted by molar-refractivity contribution is 0.173. The van der Waals surface area contributed by atoms with Crippen molar-refractivity contribution < 1.29 is 9.84 Å². The molecule has 0 heterocycles. The van der Waals surface area contributed by atoms with E-state index in [0.29, 0.717) is 12.6 Å². The van der Waals surface area contributed by atoms with Gasteiger partial charge in [-0.3, -0.25) is 0 Å². The van der Waals surface area contributed by atoms with E-state index in [1.54, 1.807) is 0 Å². The number of aliphatic hydroxyl groups excluding tert-OH is 1. The first-order valence-electron chi connectivity index (χ1n) is 7.85. The van der Waals surface area contributed by atoms with Gasteiger partial charge in [-0.15, -0.1) is 0 Å². The minimum absolute atomic E-state index is 0.176. The normalized spacial score (nSPS) is 19.4. The summed E-state index contributed by atoms with van der Waals surface area (Å²) in [7, 11) is 0. The Hall–Kier alpha value is -1.06. The topological polar surface area (TPSA) is 41.5 Å². The summed E-state index contributed by atoms with van der Waals surface area (Å²) in [4.78, 5) is 0. The summed E-state index contributed by atoms with van der Waals surface area (Å²) in [5, 5.41) is 12.7. The van der Waals surface area contributed by atoms with Gasteiger partial charge in [0, 0.05) is 18.6 Å². The maximum Gasteiger partial charge on any atom is 0.122 e. The van der Waals surface area contributed by atoms with Gasteiger partial charge in [0.15, 0.2) is 0 Å². The molecule has 2 atom stereocenters. The summed E-state index contributed by atoms with van der Waals surface area (Å²) >= 11 is 0. The van der Waals surface area contributed by atoms with Crippen LogP contribution in [0.15, 0.2) is 18.2 Å². The highest BCUT2D eigenvalue weighted by molar-refractivity contribution is 5.43. The quantitative estimate of drug-likeness (QED) is 0.805. The van der Waals surface area contributed by atoms with Crippen LogP contribution in [0.2, 0.25) is 0 Å². The Balaban J connectivity index is 2.11. The van der Waals surface area contributed by atoms with Crippen LogP contribution in [0.5, 0.6) is 5.75 Å². The van der Waals surface area contributed by atoms with Gasteiger partial charge in [-0.05, 0) is 49.4 Å². The Labute approximate surface area is 122 Å². The molecule has 0 aliphatic heterocycles. The largest absolute Gasteiger partial charge is 0.493 e. The molecule has 0 aromatic heterocycles. The van der Waals surface area contributed by atoms with Crippen LogP contribution in [0.4, 0.5) is 0 Å². The molecule has 1 aliphatic carbocycles. The summed E-state index contributed by atoms with van der Waals surface area (Å²) in [5.41, 5.74) is 2.76. The zero-order valence-corrected chi connectivity index (χ0v) is 12.7. The molecule has 0 spiro atoms. The zero-order valence-electron chi connectivity index (χ0n) is 12.7. The molecule has 1 aromatic rings. The van der Waals surface area contributed by atoms with Gasteiger partial charge >= 0.3 is 0 Å². The van der Waals surface area contributed by atoms with Gasteiger partial charge in [0.05, 0.1) is 6.61 Å². The number of hydrogen-bond donors (Lipinski definition) is 2. The minimum atomic E-state index is 0.176. The molecule has 0 radical (unpaired) electrons. The van der Waals surface area contributed by atoms with Crippen molar-refractivity contribution in [2.75, 3.05) is 19.8 Å². The Bertz CT molecular complexity index is 419. The summed E-state index contributed by atoms with van der Waals surface area (Å²) in [6.07, 6.45) is 4.69. The lowest BCUT2D eigenvalue weighted by Gasteiger charge is -2.28. The van der Waals surface area contributed by atoms with E-state index >= 15 is 0 Å². The summed E-state index contributed by atoms with van der Waals surface area (Å²) < 4.78 is 5.92. The van der Waals surface area contributed by atoms with Gasteiger partial charge in [-0.2, -0.15) is 0 Å². The van der Waals surface area contributed by atoms with Gasteiger partial charge in [0.1, 0.15) is 5.75 Å². The lowest BCUT2D eigenvalue weighted by Crippen LogP contribution is -2.26. The van der Waals surface area contributed by atoms with Gasteiger partial charge in [-0.25, -0.2) is 0 Å².